The maximum atomic E-state index is 12.8. The zero-order chi connectivity index (χ0) is 11.0. The van der Waals surface area contributed by atoms with Crippen molar-refractivity contribution in [2.75, 3.05) is 4.90 Å². The molecule has 0 spiro atoms. The molecule has 0 saturated carbocycles. The van der Waals surface area contributed by atoms with Gasteiger partial charge in [0.1, 0.15) is 0 Å². The smallest absolute Gasteiger partial charge is 0.258 e. The molecule has 2 rings (SSSR count). The summed E-state index contributed by atoms with van der Waals surface area (Å²) in [6.07, 6.45) is 2.15. The van der Waals surface area contributed by atoms with Gasteiger partial charge in [0.2, 0.25) is 0 Å². The molecule has 1 heterocycles. The molecule has 1 aliphatic heterocycles. The van der Waals surface area contributed by atoms with E-state index < -0.39 is 23.4 Å². The molecular formula is C10H5F2NO2. The fourth-order valence-electron chi connectivity index (χ4n) is 1.28. The third-order valence-corrected chi connectivity index (χ3v) is 1.97. The summed E-state index contributed by atoms with van der Waals surface area (Å²) in [6, 6.07) is 2.84. The van der Waals surface area contributed by atoms with E-state index in [-0.39, 0.29) is 5.69 Å². The lowest BCUT2D eigenvalue weighted by molar-refractivity contribution is -0.119. The minimum Gasteiger partial charge on any atom is -0.269 e. The number of carbonyl (C=O) groups is 2. The summed E-state index contributed by atoms with van der Waals surface area (Å²) in [5.74, 6) is -3.25. The van der Waals surface area contributed by atoms with Crippen LogP contribution in [0.4, 0.5) is 14.5 Å². The van der Waals surface area contributed by atoms with Crippen molar-refractivity contribution in [3.05, 3.63) is 42.0 Å². The molecule has 0 aromatic heterocycles. The Morgan fingerprint density at radius 3 is 2.07 bits per heavy atom. The monoisotopic (exact) mass is 209 g/mol. The number of amides is 2. The van der Waals surface area contributed by atoms with Crippen molar-refractivity contribution in [2.24, 2.45) is 0 Å². The van der Waals surface area contributed by atoms with Crippen molar-refractivity contribution in [2.45, 2.75) is 0 Å². The molecule has 0 fully saturated rings. The Balaban J connectivity index is 2.42. The zero-order valence-corrected chi connectivity index (χ0v) is 7.41. The van der Waals surface area contributed by atoms with E-state index in [9.17, 15) is 18.4 Å². The molecule has 15 heavy (non-hydrogen) atoms. The lowest BCUT2D eigenvalue weighted by atomic mass is 10.2. The summed E-state index contributed by atoms with van der Waals surface area (Å²) in [4.78, 5) is 23.1. The van der Waals surface area contributed by atoms with Gasteiger partial charge in [0.05, 0.1) is 5.69 Å². The first-order chi connectivity index (χ1) is 7.09. The SMILES string of the molecule is O=C1C=CC(=O)N1c1ccc(F)c(F)c1. The number of imide groups is 1. The predicted molar refractivity (Wildman–Crippen MR) is 48.0 cm³/mol. The van der Waals surface area contributed by atoms with Crippen LogP contribution in [0, 0.1) is 11.6 Å². The third kappa shape index (κ3) is 1.52. The van der Waals surface area contributed by atoms with Gasteiger partial charge < -0.3 is 0 Å². The fourth-order valence-corrected chi connectivity index (χ4v) is 1.28. The lowest BCUT2D eigenvalue weighted by Crippen LogP contribution is -2.29. The van der Waals surface area contributed by atoms with Crippen LogP contribution in [-0.2, 0) is 9.59 Å². The molecule has 2 amide bonds. The van der Waals surface area contributed by atoms with Gasteiger partial charge in [-0.05, 0) is 12.1 Å². The van der Waals surface area contributed by atoms with Crippen molar-refractivity contribution >= 4 is 17.5 Å². The predicted octanol–water partition coefficient (Wildman–Crippen LogP) is 1.39. The molecule has 0 bridgehead atoms. The van der Waals surface area contributed by atoms with Crippen molar-refractivity contribution < 1.29 is 18.4 Å². The largest absolute Gasteiger partial charge is 0.269 e. The Bertz CT molecular complexity index is 464. The first-order valence-corrected chi connectivity index (χ1v) is 4.11. The van der Waals surface area contributed by atoms with E-state index in [2.05, 4.69) is 0 Å². The Morgan fingerprint density at radius 1 is 0.933 bits per heavy atom. The van der Waals surface area contributed by atoms with Crippen LogP contribution in [0.25, 0.3) is 0 Å². The van der Waals surface area contributed by atoms with Gasteiger partial charge in [-0.3, -0.25) is 9.59 Å². The second kappa shape index (κ2) is 3.27. The maximum Gasteiger partial charge on any atom is 0.258 e. The van der Waals surface area contributed by atoms with E-state index in [1.165, 1.54) is 6.07 Å². The average molecular weight is 209 g/mol. The first-order valence-electron chi connectivity index (χ1n) is 4.11. The molecular weight excluding hydrogens is 204 g/mol. The highest BCUT2D eigenvalue weighted by Crippen LogP contribution is 2.21. The highest BCUT2D eigenvalue weighted by atomic mass is 19.2. The van der Waals surface area contributed by atoms with Crippen molar-refractivity contribution in [3.8, 4) is 0 Å². The maximum absolute atomic E-state index is 12.8. The van der Waals surface area contributed by atoms with Crippen LogP contribution in [-0.4, -0.2) is 11.8 Å². The van der Waals surface area contributed by atoms with E-state index in [0.29, 0.717) is 0 Å². The second-order valence-electron chi connectivity index (χ2n) is 2.94. The zero-order valence-electron chi connectivity index (χ0n) is 7.41. The molecule has 1 aromatic carbocycles. The standard InChI is InChI=1S/C10H5F2NO2/c11-7-2-1-6(5-8(7)12)13-9(14)3-4-10(13)15/h1-5H. The van der Waals surface area contributed by atoms with Gasteiger partial charge >= 0.3 is 0 Å². The molecule has 3 nitrogen and oxygen atoms in total. The quantitative estimate of drug-likeness (QED) is 0.655. The van der Waals surface area contributed by atoms with E-state index in [1.54, 1.807) is 0 Å². The van der Waals surface area contributed by atoms with E-state index >= 15 is 0 Å². The molecule has 0 unspecified atom stereocenters. The summed E-state index contributed by atoms with van der Waals surface area (Å²) in [7, 11) is 0. The number of hydrogen-bond acceptors (Lipinski definition) is 2. The van der Waals surface area contributed by atoms with Crippen molar-refractivity contribution in [3.63, 3.8) is 0 Å². The van der Waals surface area contributed by atoms with Crippen LogP contribution < -0.4 is 4.90 Å². The third-order valence-electron chi connectivity index (χ3n) is 1.97. The number of anilines is 1. The van der Waals surface area contributed by atoms with Crippen LogP contribution in [0.1, 0.15) is 0 Å². The van der Waals surface area contributed by atoms with Gasteiger partial charge in [0.25, 0.3) is 11.8 Å². The van der Waals surface area contributed by atoms with Crippen LogP contribution >= 0.6 is 0 Å². The number of halogens is 2. The van der Waals surface area contributed by atoms with E-state index in [4.69, 9.17) is 0 Å². The Morgan fingerprint density at radius 2 is 1.53 bits per heavy atom. The summed E-state index contributed by atoms with van der Waals surface area (Å²) < 4.78 is 25.4. The molecule has 1 aliphatic rings. The molecule has 5 heteroatoms. The van der Waals surface area contributed by atoms with Crippen LogP contribution in [0.3, 0.4) is 0 Å². The Labute approximate surface area is 83.6 Å². The van der Waals surface area contributed by atoms with Crippen LogP contribution in [0.2, 0.25) is 0 Å². The molecule has 76 valence electrons. The van der Waals surface area contributed by atoms with Gasteiger partial charge in [-0.15, -0.1) is 0 Å². The number of rotatable bonds is 1. The number of carbonyl (C=O) groups excluding carboxylic acids is 2. The van der Waals surface area contributed by atoms with Gasteiger partial charge in [0, 0.05) is 18.2 Å². The normalized spacial score (nSPS) is 15.2. The van der Waals surface area contributed by atoms with Gasteiger partial charge in [-0.2, -0.15) is 0 Å². The number of benzene rings is 1. The van der Waals surface area contributed by atoms with Gasteiger partial charge in [0.15, 0.2) is 11.6 Å². The van der Waals surface area contributed by atoms with Crippen molar-refractivity contribution in [1.29, 1.82) is 0 Å². The van der Waals surface area contributed by atoms with Gasteiger partial charge in [-0.25, -0.2) is 13.7 Å². The summed E-state index contributed by atoms with van der Waals surface area (Å²) in [6.45, 7) is 0. The second-order valence-corrected chi connectivity index (χ2v) is 2.94. The first kappa shape index (κ1) is 9.51. The summed E-state index contributed by atoms with van der Waals surface area (Å²) >= 11 is 0. The average Bonchev–Trinajstić information content (AvgIpc) is 2.52. The molecule has 0 aliphatic carbocycles. The van der Waals surface area contributed by atoms with Crippen molar-refractivity contribution in [1.82, 2.24) is 0 Å². The number of nitrogens with zero attached hydrogens (tertiary/aromatic N) is 1. The summed E-state index contributed by atoms with van der Waals surface area (Å²) in [5.41, 5.74) is 0.0221. The molecule has 0 saturated heterocycles. The van der Waals surface area contributed by atoms with Gasteiger partial charge in [-0.1, -0.05) is 0 Å². The minimum absolute atomic E-state index is 0.0221. The number of hydrogen-bond donors (Lipinski definition) is 0. The fraction of sp³-hybridized carbons (Fsp3) is 0. The Kier molecular flexibility index (Phi) is 2.07. The molecule has 0 atom stereocenters. The summed E-state index contributed by atoms with van der Waals surface area (Å²) in [5, 5.41) is 0. The van der Waals surface area contributed by atoms with E-state index in [0.717, 1.165) is 29.2 Å². The highest BCUT2D eigenvalue weighted by molar-refractivity contribution is 6.28. The Hall–Kier alpha value is -2.04. The lowest BCUT2D eigenvalue weighted by Gasteiger charge is -2.13. The van der Waals surface area contributed by atoms with Crippen LogP contribution in [0.5, 0.6) is 0 Å². The van der Waals surface area contributed by atoms with E-state index in [1.807, 2.05) is 0 Å². The topological polar surface area (TPSA) is 37.4 Å². The minimum atomic E-state index is -1.10. The van der Waals surface area contributed by atoms with Crippen LogP contribution in [0.15, 0.2) is 30.4 Å². The highest BCUT2D eigenvalue weighted by Gasteiger charge is 2.25. The molecule has 0 N–H and O–H groups in total. The molecule has 0 radical (unpaired) electrons. The molecule has 1 aromatic rings.